The number of hydrogen-bond donors (Lipinski definition) is 1. The summed E-state index contributed by atoms with van der Waals surface area (Å²) in [6.07, 6.45) is 3.26. The van der Waals surface area contributed by atoms with Crippen LogP contribution in [0.1, 0.15) is 54.7 Å². The van der Waals surface area contributed by atoms with Gasteiger partial charge in [-0.3, -0.25) is 4.79 Å². The minimum absolute atomic E-state index is 0.0191. The topological polar surface area (TPSA) is 43.1 Å². The molecule has 0 atom stereocenters. The van der Waals surface area contributed by atoms with Gasteiger partial charge in [-0.1, -0.05) is 99.8 Å². The number of carbonyl (C=O) groups excluding carboxylic acids is 1. The Kier molecular flexibility index (Phi) is 5.57. The van der Waals surface area contributed by atoms with Gasteiger partial charge in [0.2, 0.25) is 5.91 Å². The van der Waals surface area contributed by atoms with Crippen molar-refractivity contribution in [2.75, 3.05) is 0 Å². The first-order chi connectivity index (χ1) is 14.9. The lowest BCUT2D eigenvalue weighted by atomic mass is 9.82. The summed E-state index contributed by atoms with van der Waals surface area (Å²) in [5.74, 6) is -0.298. The largest absolute Gasteiger partial charge is 0.366 e. The molecule has 6 heteroatoms. The Morgan fingerprint density at radius 2 is 1.61 bits per heavy atom. The lowest BCUT2D eigenvalue weighted by Crippen LogP contribution is -2.82. The van der Waals surface area contributed by atoms with E-state index in [-0.39, 0.29) is 11.3 Å². The third-order valence-corrected chi connectivity index (χ3v) is 52.1. The van der Waals surface area contributed by atoms with Crippen LogP contribution in [0.4, 0.5) is 0 Å². The van der Waals surface area contributed by atoms with Gasteiger partial charge >= 0.3 is 0 Å². The fraction of sp³-hybridized carbons (Fsp3) is 0.444. The van der Waals surface area contributed by atoms with Gasteiger partial charge in [0, 0.05) is 17.1 Å². The summed E-state index contributed by atoms with van der Waals surface area (Å²) < 4.78 is 1.28. The van der Waals surface area contributed by atoms with E-state index in [0.717, 1.165) is 17.5 Å². The highest BCUT2D eigenvalue weighted by atomic mass is 79.9. The van der Waals surface area contributed by atoms with E-state index in [2.05, 4.69) is 107 Å². The van der Waals surface area contributed by atoms with Crippen LogP contribution in [-0.2, 0) is 11.8 Å². The first kappa shape index (κ1) is 24.9. The maximum atomic E-state index is 13.0. The number of fused-ring (bicyclic) bond motifs is 3. The van der Waals surface area contributed by atoms with Crippen molar-refractivity contribution in [1.29, 1.82) is 0 Å². The molecule has 33 heavy (non-hydrogen) atoms. The summed E-state index contributed by atoms with van der Waals surface area (Å²) in [4.78, 5) is 13.0. The van der Waals surface area contributed by atoms with Crippen molar-refractivity contribution < 1.29 is 4.79 Å². The number of benzene rings is 2. The zero-order valence-corrected chi connectivity index (χ0v) is 26.5. The average Bonchev–Trinajstić information content (AvgIpc) is 3.04. The third-order valence-electron chi connectivity index (χ3n) is 9.23. The van der Waals surface area contributed by atoms with Crippen molar-refractivity contribution in [2.24, 2.45) is 5.73 Å². The van der Waals surface area contributed by atoms with E-state index in [1.807, 2.05) is 0 Å². The van der Waals surface area contributed by atoms with Crippen LogP contribution in [0.5, 0.6) is 0 Å². The lowest BCUT2D eigenvalue weighted by molar-refractivity contribution is 0.100. The van der Waals surface area contributed by atoms with E-state index in [1.165, 1.54) is 42.7 Å². The summed E-state index contributed by atoms with van der Waals surface area (Å²) in [6.45, 7) is 24.4. The highest BCUT2D eigenvalue weighted by Gasteiger charge is 2.59. The smallest absolute Gasteiger partial charge is 0.249 e. The van der Waals surface area contributed by atoms with Crippen molar-refractivity contribution in [2.45, 2.75) is 78.8 Å². The van der Waals surface area contributed by atoms with Crippen molar-refractivity contribution in [3.05, 3.63) is 50.5 Å². The Hall–Kier alpha value is -1.22. The molecule has 0 saturated carbocycles. The molecule has 2 nitrogen and oxygen atoms in total. The van der Waals surface area contributed by atoms with Crippen LogP contribution in [-0.4, -0.2) is 28.2 Å². The van der Waals surface area contributed by atoms with E-state index < -0.39 is 22.3 Å². The van der Waals surface area contributed by atoms with Gasteiger partial charge in [0.25, 0.3) is 0 Å². The standard InChI is InChI=1S/C27H38BrNOSi3/c1-16-11-17-13-18(27(2,3)4)14-20(19(17)12-16)23-21(26(29)30)15-22-24(28)25(23)32(7,8)33(9,10)31(22,5)6/h11,13-15H,12H2,1-10H3,(H2,29,30). The van der Waals surface area contributed by atoms with Crippen molar-refractivity contribution >= 4 is 60.6 Å². The molecule has 2 bridgehead atoms. The molecule has 1 aliphatic carbocycles. The lowest BCUT2D eigenvalue weighted by Gasteiger charge is -2.54. The van der Waals surface area contributed by atoms with Gasteiger partial charge in [-0.25, -0.2) is 0 Å². The number of nitrogens with two attached hydrogens (primary N) is 1. The van der Waals surface area contributed by atoms with E-state index in [9.17, 15) is 4.79 Å². The molecule has 2 N–H and O–H groups in total. The van der Waals surface area contributed by atoms with Gasteiger partial charge < -0.3 is 5.73 Å². The van der Waals surface area contributed by atoms with E-state index in [0.29, 0.717) is 0 Å². The Labute approximate surface area is 210 Å². The number of primary amides is 1. The Bertz CT molecular complexity index is 1250. The molecule has 2 aromatic carbocycles. The third kappa shape index (κ3) is 3.39. The number of halogens is 1. The SMILES string of the molecule is CC1=Cc2cc(C(C)(C)C)cc(-c3c(C(N)=O)cc4c(Br)c3[Si](C)(C)[Si](C)(C)[Si]4(C)C)c2C1. The maximum absolute atomic E-state index is 13.0. The van der Waals surface area contributed by atoms with Gasteiger partial charge in [-0.15, -0.1) is 0 Å². The Morgan fingerprint density at radius 1 is 1.00 bits per heavy atom. The molecule has 0 unspecified atom stereocenters. The summed E-state index contributed by atoms with van der Waals surface area (Å²) in [7, 11) is -5.18. The number of amides is 1. The van der Waals surface area contributed by atoms with Crippen LogP contribution in [0.3, 0.4) is 0 Å². The van der Waals surface area contributed by atoms with Gasteiger partial charge in [0.05, 0.1) is 15.2 Å². The summed E-state index contributed by atoms with van der Waals surface area (Å²) in [5.41, 5.74) is 14.6. The molecule has 0 aromatic heterocycles. The van der Waals surface area contributed by atoms with Crippen molar-refractivity contribution in [3.63, 3.8) is 0 Å². The number of hydrogen-bond acceptors (Lipinski definition) is 1. The van der Waals surface area contributed by atoms with E-state index >= 15 is 0 Å². The monoisotopic (exact) mass is 555 g/mol. The van der Waals surface area contributed by atoms with Gasteiger partial charge in [-0.05, 0) is 63.0 Å². The van der Waals surface area contributed by atoms with Gasteiger partial charge in [-0.2, -0.15) is 0 Å². The molecule has 1 aliphatic heterocycles. The second kappa shape index (κ2) is 7.39. The zero-order valence-electron chi connectivity index (χ0n) is 21.9. The molecular weight excluding hydrogens is 518 g/mol. The van der Waals surface area contributed by atoms with Crippen LogP contribution >= 0.6 is 15.9 Å². The normalized spacial score (nSPS) is 19.8. The molecule has 1 amide bonds. The molecule has 0 saturated heterocycles. The average molecular weight is 557 g/mol. The van der Waals surface area contributed by atoms with E-state index in [4.69, 9.17) is 5.73 Å². The van der Waals surface area contributed by atoms with Crippen LogP contribution in [0, 0.1) is 0 Å². The highest BCUT2D eigenvalue weighted by Crippen LogP contribution is 2.44. The fourth-order valence-electron chi connectivity index (χ4n) is 5.88. The molecule has 0 fully saturated rings. The van der Waals surface area contributed by atoms with Crippen LogP contribution in [0.25, 0.3) is 17.2 Å². The summed E-state index contributed by atoms with van der Waals surface area (Å²) in [6, 6.07) is 6.90. The number of allylic oxidation sites excluding steroid dienone is 1. The molecule has 1 heterocycles. The minimum atomic E-state index is -1.87. The summed E-state index contributed by atoms with van der Waals surface area (Å²) >= 11 is 4.10. The van der Waals surface area contributed by atoms with Crippen LogP contribution < -0.4 is 16.1 Å². The molecule has 0 radical (unpaired) electrons. The molecular formula is C27H38BrNOSi3. The first-order valence-corrected chi connectivity index (χ1v) is 23.7. The predicted octanol–water partition coefficient (Wildman–Crippen LogP) is 6.18. The zero-order chi connectivity index (χ0) is 24.9. The van der Waals surface area contributed by atoms with Gasteiger partial charge in [0.1, 0.15) is 0 Å². The van der Waals surface area contributed by atoms with Crippen molar-refractivity contribution in [1.82, 2.24) is 0 Å². The molecule has 2 aromatic rings. The number of carbonyl (C=O) groups is 1. The first-order valence-electron chi connectivity index (χ1n) is 11.9. The fourth-order valence-corrected chi connectivity index (χ4v) is 42.3. The van der Waals surface area contributed by atoms with E-state index in [1.54, 1.807) is 0 Å². The Morgan fingerprint density at radius 3 is 2.15 bits per heavy atom. The Balaban J connectivity index is 2.21. The molecule has 0 spiro atoms. The molecule has 2 aliphatic rings. The quantitative estimate of drug-likeness (QED) is 0.441. The predicted molar refractivity (Wildman–Crippen MR) is 156 cm³/mol. The number of rotatable bonds is 2. The van der Waals surface area contributed by atoms with Gasteiger partial charge in [0.15, 0.2) is 0 Å². The second-order valence-corrected chi connectivity index (χ2v) is 40.9. The summed E-state index contributed by atoms with van der Waals surface area (Å²) in [5, 5.41) is 2.84. The van der Waals surface area contributed by atoms with Crippen LogP contribution in [0.15, 0.2) is 28.2 Å². The maximum Gasteiger partial charge on any atom is 0.249 e. The molecule has 4 rings (SSSR count). The minimum Gasteiger partial charge on any atom is -0.366 e. The second-order valence-electron chi connectivity index (χ2n) is 12.8. The highest BCUT2D eigenvalue weighted by molar-refractivity contribution is 9.10. The van der Waals surface area contributed by atoms with Crippen LogP contribution in [0.2, 0.25) is 39.3 Å². The van der Waals surface area contributed by atoms with Crippen molar-refractivity contribution in [3.8, 4) is 11.1 Å². The molecule has 176 valence electrons.